The Balaban J connectivity index is 2.42. The molecule has 0 aliphatic carbocycles. The molecule has 2 nitrogen and oxygen atoms in total. The Bertz CT molecular complexity index is 572. The predicted octanol–water partition coefficient (Wildman–Crippen LogP) is 3.68. The lowest BCUT2D eigenvalue weighted by Crippen LogP contribution is -2.10. The number of hydrogen-bond acceptors (Lipinski definition) is 2. The average molecular weight is 242 g/mol. The van der Waals surface area contributed by atoms with Gasteiger partial charge < -0.3 is 4.74 Å². The largest absolute Gasteiger partial charge is 0.469 e. The van der Waals surface area contributed by atoms with Crippen LogP contribution in [0.3, 0.4) is 0 Å². The van der Waals surface area contributed by atoms with Crippen molar-refractivity contribution in [2.24, 2.45) is 0 Å². The molecule has 0 saturated heterocycles. The van der Waals surface area contributed by atoms with E-state index in [-0.39, 0.29) is 11.9 Å². The van der Waals surface area contributed by atoms with Crippen LogP contribution in [-0.4, -0.2) is 13.1 Å². The fourth-order valence-electron chi connectivity index (χ4n) is 2.12. The quantitative estimate of drug-likeness (QED) is 0.767. The van der Waals surface area contributed by atoms with Gasteiger partial charge in [-0.15, -0.1) is 0 Å². The normalized spacial score (nSPS) is 12.4. The maximum atomic E-state index is 11.5. The molecule has 18 heavy (non-hydrogen) atoms. The molecule has 2 aromatic carbocycles. The number of fused-ring (bicyclic) bond motifs is 1. The molecule has 94 valence electrons. The van der Waals surface area contributed by atoms with E-state index in [2.05, 4.69) is 37.3 Å². The highest BCUT2D eigenvalue weighted by molar-refractivity contribution is 5.86. The van der Waals surface area contributed by atoms with E-state index in [1.165, 1.54) is 23.4 Å². The number of carbonyl (C=O) groups excluding carboxylic acids is 1. The number of carbonyl (C=O) groups is 1. The Morgan fingerprint density at radius 1 is 1.17 bits per heavy atom. The van der Waals surface area contributed by atoms with Crippen LogP contribution in [0.1, 0.15) is 30.9 Å². The van der Waals surface area contributed by atoms with Crippen LogP contribution < -0.4 is 0 Å². The summed E-state index contributed by atoms with van der Waals surface area (Å²) in [6.45, 7) is 4.02. The minimum atomic E-state index is -0.217. The molecule has 0 N–H and O–H groups in total. The zero-order valence-electron chi connectivity index (χ0n) is 11.1. The van der Waals surface area contributed by atoms with Crippen molar-refractivity contribution in [2.45, 2.75) is 26.2 Å². The summed E-state index contributed by atoms with van der Waals surface area (Å²) in [5.74, 6) is -0.412. The van der Waals surface area contributed by atoms with Crippen LogP contribution in [0.2, 0.25) is 0 Å². The van der Waals surface area contributed by atoms with E-state index in [4.69, 9.17) is 4.74 Å². The second-order valence-electron chi connectivity index (χ2n) is 4.54. The molecule has 2 rings (SSSR count). The first-order chi connectivity index (χ1) is 8.65. The Morgan fingerprint density at radius 3 is 2.50 bits per heavy atom. The topological polar surface area (TPSA) is 26.3 Å². The van der Waals surface area contributed by atoms with Crippen LogP contribution in [0.4, 0.5) is 0 Å². The second-order valence-corrected chi connectivity index (χ2v) is 4.54. The molecule has 0 aliphatic rings. The summed E-state index contributed by atoms with van der Waals surface area (Å²) in [6, 6.07) is 12.6. The van der Waals surface area contributed by atoms with Crippen molar-refractivity contribution in [3.8, 4) is 0 Å². The number of benzene rings is 2. The van der Waals surface area contributed by atoms with Crippen molar-refractivity contribution in [1.82, 2.24) is 0 Å². The summed E-state index contributed by atoms with van der Waals surface area (Å²) in [5.41, 5.74) is 2.33. The van der Waals surface area contributed by atoms with Gasteiger partial charge in [0.2, 0.25) is 0 Å². The van der Waals surface area contributed by atoms with Crippen molar-refractivity contribution in [3.05, 3.63) is 47.5 Å². The third kappa shape index (κ3) is 2.37. The smallest absolute Gasteiger partial charge is 0.312 e. The third-order valence-corrected chi connectivity index (χ3v) is 3.39. The first-order valence-electron chi connectivity index (χ1n) is 6.26. The minimum absolute atomic E-state index is 0.195. The van der Waals surface area contributed by atoms with E-state index >= 15 is 0 Å². The highest BCUT2D eigenvalue weighted by atomic mass is 16.5. The van der Waals surface area contributed by atoms with Gasteiger partial charge in [0, 0.05) is 0 Å². The van der Waals surface area contributed by atoms with E-state index in [9.17, 15) is 4.79 Å². The molecule has 0 amide bonds. The van der Waals surface area contributed by atoms with E-state index < -0.39 is 0 Å². The van der Waals surface area contributed by atoms with Crippen molar-refractivity contribution in [3.63, 3.8) is 0 Å². The highest BCUT2D eigenvalue weighted by Gasteiger charge is 2.15. The van der Waals surface area contributed by atoms with Crippen LogP contribution in [0, 0.1) is 0 Å². The van der Waals surface area contributed by atoms with Gasteiger partial charge in [0.15, 0.2) is 0 Å². The molecule has 1 atom stereocenters. The molecule has 2 heteroatoms. The lowest BCUT2D eigenvalue weighted by Gasteiger charge is -2.10. The first kappa shape index (κ1) is 12.6. The monoisotopic (exact) mass is 242 g/mol. The van der Waals surface area contributed by atoms with Crippen LogP contribution in [-0.2, 0) is 16.0 Å². The fourth-order valence-corrected chi connectivity index (χ4v) is 2.12. The molecule has 0 unspecified atom stereocenters. The molecule has 2 aromatic rings. The lowest BCUT2D eigenvalue weighted by atomic mass is 9.97. The van der Waals surface area contributed by atoms with Crippen molar-refractivity contribution in [2.75, 3.05) is 7.11 Å². The van der Waals surface area contributed by atoms with Crippen molar-refractivity contribution >= 4 is 16.7 Å². The summed E-state index contributed by atoms with van der Waals surface area (Å²) in [5, 5.41) is 2.38. The Hall–Kier alpha value is -1.83. The van der Waals surface area contributed by atoms with E-state index in [1.54, 1.807) is 0 Å². The molecule has 0 heterocycles. The molecular formula is C16H18O2. The summed E-state index contributed by atoms with van der Waals surface area (Å²) in [4.78, 5) is 11.5. The second kappa shape index (κ2) is 5.21. The molecule has 0 aromatic heterocycles. The third-order valence-electron chi connectivity index (χ3n) is 3.39. The predicted molar refractivity (Wildman–Crippen MR) is 73.8 cm³/mol. The number of esters is 1. The van der Waals surface area contributed by atoms with Gasteiger partial charge in [-0.1, -0.05) is 43.3 Å². The molecule has 0 radical (unpaired) electrons. The summed E-state index contributed by atoms with van der Waals surface area (Å²) >= 11 is 0. The maximum absolute atomic E-state index is 11.5. The van der Waals surface area contributed by atoms with Crippen LogP contribution >= 0.6 is 0 Å². The van der Waals surface area contributed by atoms with Gasteiger partial charge in [0.1, 0.15) is 0 Å². The maximum Gasteiger partial charge on any atom is 0.312 e. The summed E-state index contributed by atoms with van der Waals surface area (Å²) in [6.07, 6.45) is 1.04. The average Bonchev–Trinajstić information content (AvgIpc) is 2.44. The highest BCUT2D eigenvalue weighted by Crippen LogP contribution is 2.23. The SMILES string of the molecule is CCc1ccc2cc([C@H](C)C(=O)OC)ccc2c1. The van der Waals surface area contributed by atoms with Crippen LogP contribution in [0.5, 0.6) is 0 Å². The molecule has 0 spiro atoms. The van der Waals surface area contributed by atoms with Gasteiger partial charge in [0.25, 0.3) is 0 Å². The van der Waals surface area contributed by atoms with Crippen molar-refractivity contribution in [1.29, 1.82) is 0 Å². The molecular weight excluding hydrogens is 224 g/mol. The Labute approximate surface area is 108 Å². The molecule has 0 bridgehead atoms. The van der Waals surface area contributed by atoms with Gasteiger partial charge in [-0.25, -0.2) is 0 Å². The van der Waals surface area contributed by atoms with Gasteiger partial charge >= 0.3 is 5.97 Å². The van der Waals surface area contributed by atoms with Crippen LogP contribution in [0.15, 0.2) is 36.4 Å². The van der Waals surface area contributed by atoms with Gasteiger partial charge in [-0.2, -0.15) is 0 Å². The summed E-state index contributed by atoms with van der Waals surface area (Å²) < 4.78 is 4.78. The first-order valence-corrected chi connectivity index (χ1v) is 6.26. The number of hydrogen-bond donors (Lipinski definition) is 0. The van der Waals surface area contributed by atoms with Gasteiger partial charge in [0.05, 0.1) is 13.0 Å². The van der Waals surface area contributed by atoms with Crippen molar-refractivity contribution < 1.29 is 9.53 Å². The molecule has 0 fully saturated rings. The molecule has 0 saturated carbocycles. The molecule has 0 aliphatic heterocycles. The van der Waals surface area contributed by atoms with Gasteiger partial charge in [-0.3, -0.25) is 4.79 Å². The van der Waals surface area contributed by atoms with E-state index in [0.29, 0.717) is 0 Å². The van der Waals surface area contributed by atoms with Crippen LogP contribution in [0.25, 0.3) is 10.8 Å². The Kier molecular flexibility index (Phi) is 3.66. The standard InChI is InChI=1S/C16H18O2/c1-4-12-5-6-15-10-13(7-8-14(15)9-12)11(2)16(17)18-3/h5-11H,4H2,1-3H3/t11-/m0/s1. The number of aryl methyl sites for hydroxylation is 1. The number of ether oxygens (including phenoxy) is 1. The minimum Gasteiger partial charge on any atom is -0.469 e. The number of rotatable bonds is 3. The zero-order chi connectivity index (χ0) is 13.1. The van der Waals surface area contributed by atoms with E-state index in [1.807, 2.05) is 13.0 Å². The fraction of sp³-hybridized carbons (Fsp3) is 0.312. The van der Waals surface area contributed by atoms with Gasteiger partial charge in [-0.05, 0) is 35.2 Å². The number of methoxy groups -OCH3 is 1. The Morgan fingerprint density at radius 2 is 1.83 bits per heavy atom. The zero-order valence-corrected chi connectivity index (χ0v) is 11.1. The summed E-state index contributed by atoms with van der Waals surface area (Å²) in [7, 11) is 1.42. The lowest BCUT2D eigenvalue weighted by molar-refractivity contribution is -0.141. The van der Waals surface area contributed by atoms with E-state index in [0.717, 1.165) is 12.0 Å².